The highest BCUT2D eigenvalue weighted by atomic mass is 16.5. The second-order valence-electron chi connectivity index (χ2n) is 6.85. The Hall–Kier alpha value is -2.11. The normalized spacial score (nSPS) is 18.3. The number of amides is 1. The van der Waals surface area contributed by atoms with Crippen LogP contribution >= 0.6 is 0 Å². The summed E-state index contributed by atoms with van der Waals surface area (Å²) in [5.74, 6) is 1.49. The third-order valence-corrected chi connectivity index (χ3v) is 4.93. The topological polar surface area (TPSA) is 64.2 Å². The van der Waals surface area contributed by atoms with Gasteiger partial charge in [0.15, 0.2) is 5.82 Å². The molecule has 136 valence electrons. The molecule has 0 spiro atoms. The minimum atomic E-state index is 0.174. The zero-order valence-corrected chi connectivity index (χ0v) is 15.3. The van der Waals surface area contributed by atoms with E-state index in [0.717, 1.165) is 38.1 Å². The first-order valence-corrected chi connectivity index (χ1v) is 9.41. The Morgan fingerprint density at radius 2 is 2.20 bits per heavy atom. The van der Waals surface area contributed by atoms with Crippen LogP contribution < -0.4 is 0 Å². The van der Waals surface area contributed by atoms with E-state index in [2.05, 4.69) is 51.9 Å². The Labute approximate surface area is 149 Å². The highest BCUT2D eigenvalue weighted by molar-refractivity contribution is 5.76. The number of carbonyl (C=O) groups is 1. The zero-order valence-electron chi connectivity index (χ0n) is 15.3. The number of hydrogen-bond acceptors (Lipinski definition) is 4. The Morgan fingerprint density at radius 3 is 2.96 bits per heavy atom. The van der Waals surface area contributed by atoms with E-state index in [1.54, 1.807) is 0 Å². The number of likely N-dealkylation sites (tertiary alicyclic amines) is 1. The van der Waals surface area contributed by atoms with Crippen molar-refractivity contribution in [3.63, 3.8) is 0 Å². The van der Waals surface area contributed by atoms with Gasteiger partial charge in [-0.2, -0.15) is 4.98 Å². The van der Waals surface area contributed by atoms with E-state index >= 15 is 0 Å². The predicted molar refractivity (Wildman–Crippen MR) is 94.9 cm³/mol. The summed E-state index contributed by atoms with van der Waals surface area (Å²) < 4.78 is 7.39. The van der Waals surface area contributed by atoms with Crippen LogP contribution in [-0.2, 0) is 24.7 Å². The van der Waals surface area contributed by atoms with Crippen molar-refractivity contribution in [3.05, 3.63) is 35.7 Å². The molecule has 3 heterocycles. The van der Waals surface area contributed by atoms with Crippen LogP contribution in [0.2, 0.25) is 0 Å². The number of rotatable bonds is 6. The fraction of sp³-hybridized carbons (Fsp3) is 0.632. The molecule has 2 aromatic rings. The Kier molecular flexibility index (Phi) is 5.89. The van der Waals surface area contributed by atoms with E-state index in [1.165, 1.54) is 18.5 Å². The third kappa shape index (κ3) is 4.30. The molecular weight excluding hydrogens is 316 g/mol. The van der Waals surface area contributed by atoms with Gasteiger partial charge in [-0.1, -0.05) is 24.9 Å². The number of carbonyl (C=O) groups excluding carboxylic acids is 1. The summed E-state index contributed by atoms with van der Waals surface area (Å²) in [4.78, 5) is 19.3. The van der Waals surface area contributed by atoms with Crippen LogP contribution in [-0.4, -0.2) is 32.1 Å². The monoisotopic (exact) mass is 344 g/mol. The maximum Gasteiger partial charge on any atom is 0.227 e. The summed E-state index contributed by atoms with van der Waals surface area (Å²) >= 11 is 0. The molecule has 3 rings (SSSR count). The molecule has 0 unspecified atom stereocenters. The molecule has 0 aromatic carbocycles. The standard InChI is InChI=1S/C19H28N4O2/c1-3-8-17-20-18(25-21-17)11-12-19(24)23-14-6-4-5-9-16(23)15-10-7-13-22(15)2/h7,10,13,16H,3-6,8-9,11-12,14H2,1-2H3/t16-/m1/s1. The molecule has 1 amide bonds. The highest BCUT2D eigenvalue weighted by Crippen LogP contribution is 2.30. The lowest BCUT2D eigenvalue weighted by atomic mass is 10.1. The maximum absolute atomic E-state index is 12.9. The van der Waals surface area contributed by atoms with Crippen molar-refractivity contribution in [3.8, 4) is 0 Å². The van der Waals surface area contributed by atoms with Crippen LogP contribution in [0.3, 0.4) is 0 Å². The van der Waals surface area contributed by atoms with Crippen LogP contribution in [0.5, 0.6) is 0 Å². The zero-order chi connectivity index (χ0) is 17.6. The van der Waals surface area contributed by atoms with Crippen LogP contribution in [0.25, 0.3) is 0 Å². The first kappa shape index (κ1) is 17.7. The number of aryl methyl sites for hydroxylation is 3. The van der Waals surface area contributed by atoms with Gasteiger partial charge in [0.05, 0.1) is 6.04 Å². The average molecular weight is 344 g/mol. The SMILES string of the molecule is CCCc1noc(CCC(=O)N2CCCCC[C@@H]2c2cccn2C)n1. The summed E-state index contributed by atoms with van der Waals surface area (Å²) in [6.07, 6.45) is 9.28. The largest absolute Gasteiger partial charge is 0.353 e. The molecule has 6 nitrogen and oxygen atoms in total. The second-order valence-corrected chi connectivity index (χ2v) is 6.85. The summed E-state index contributed by atoms with van der Waals surface area (Å²) in [5.41, 5.74) is 1.22. The molecule has 1 fully saturated rings. The van der Waals surface area contributed by atoms with Crippen LogP contribution in [0.1, 0.15) is 68.9 Å². The second kappa shape index (κ2) is 8.32. The molecule has 1 atom stereocenters. The number of hydrogen-bond donors (Lipinski definition) is 0. The number of nitrogens with zero attached hydrogens (tertiary/aromatic N) is 4. The van der Waals surface area contributed by atoms with Crippen molar-refractivity contribution < 1.29 is 9.32 Å². The first-order valence-electron chi connectivity index (χ1n) is 9.41. The molecular formula is C19H28N4O2. The van der Waals surface area contributed by atoms with Crippen LogP contribution in [0.15, 0.2) is 22.9 Å². The molecule has 1 aliphatic rings. The summed E-state index contributed by atoms with van der Waals surface area (Å²) in [7, 11) is 2.05. The first-order chi connectivity index (χ1) is 12.2. The van der Waals surface area contributed by atoms with E-state index in [-0.39, 0.29) is 11.9 Å². The van der Waals surface area contributed by atoms with E-state index in [0.29, 0.717) is 18.7 Å². The lowest BCUT2D eigenvalue weighted by Crippen LogP contribution is -2.35. The smallest absolute Gasteiger partial charge is 0.227 e. The van der Waals surface area contributed by atoms with Gasteiger partial charge in [0, 0.05) is 44.7 Å². The van der Waals surface area contributed by atoms with E-state index in [4.69, 9.17) is 4.52 Å². The number of aromatic nitrogens is 3. The molecule has 0 bridgehead atoms. The molecule has 25 heavy (non-hydrogen) atoms. The lowest BCUT2D eigenvalue weighted by molar-refractivity contribution is -0.133. The Bertz CT molecular complexity index is 691. The van der Waals surface area contributed by atoms with Crippen molar-refractivity contribution in [2.45, 2.75) is 64.3 Å². The van der Waals surface area contributed by atoms with E-state index in [9.17, 15) is 4.79 Å². The molecule has 1 saturated heterocycles. The van der Waals surface area contributed by atoms with Gasteiger partial charge in [-0.05, 0) is 31.4 Å². The third-order valence-electron chi connectivity index (χ3n) is 4.93. The Balaban J connectivity index is 1.66. The summed E-state index contributed by atoms with van der Waals surface area (Å²) in [6.45, 7) is 2.92. The lowest BCUT2D eigenvalue weighted by Gasteiger charge is -2.30. The van der Waals surface area contributed by atoms with Gasteiger partial charge in [-0.3, -0.25) is 4.79 Å². The average Bonchev–Trinajstić information content (AvgIpc) is 3.15. The molecule has 0 radical (unpaired) electrons. The molecule has 6 heteroatoms. The molecule has 0 saturated carbocycles. The van der Waals surface area contributed by atoms with Gasteiger partial charge in [0.25, 0.3) is 0 Å². The van der Waals surface area contributed by atoms with Gasteiger partial charge >= 0.3 is 0 Å². The van der Waals surface area contributed by atoms with Crippen molar-refractivity contribution in [1.29, 1.82) is 0 Å². The fourth-order valence-electron chi connectivity index (χ4n) is 3.61. The van der Waals surface area contributed by atoms with Crippen LogP contribution in [0, 0.1) is 0 Å². The van der Waals surface area contributed by atoms with Crippen molar-refractivity contribution in [1.82, 2.24) is 19.6 Å². The Morgan fingerprint density at radius 1 is 1.32 bits per heavy atom. The van der Waals surface area contributed by atoms with Gasteiger partial charge in [-0.15, -0.1) is 0 Å². The fourth-order valence-corrected chi connectivity index (χ4v) is 3.61. The van der Waals surface area contributed by atoms with E-state index < -0.39 is 0 Å². The maximum atomic E-state index is 12.9. The quantitative estimate of drug-likeness (QED) is 0.805. The summed E-state index contributed by atoms with van der Waals surface area (Å²) in [6, 6.07) is 4.36. The van der Waals surface area contributed by atoms with Gasteiger partial charge in [0.1, 0.15) is 0 Å². The van der Waals surface area contributed by atoms with E-state index in [1.807, 2.05) is 0 Å². The molecule has 1 aliphatic heterocycles. The van der Waals surface area contributed by atoms with Gasteiger partial charge in [0.2, 0.25) is 11.8 Å². The van der Waals surface area contributed by atoms with Gasteiger partial charge < -0.3 is 14.0 Å². The molecule has 2 aromatic heterocycles. The van der Waals surface area contributed by atoms with Crippen molar-refractivity contribution >= 4 is 5.91 Å². The predicted octanol–water partition coefficient (Wildman–Crippen LogP) is 3.44. The molecule has 0 aliphatic carbocycles. The highest BCUT2D eigenvalue weighted by Gasteiger charge is 2.28. The minimum absolute atomic E-state index is 0.174. The minimum Gasteiger partial charge on any atom is -0.353 e. The van der Waals surface area contributed by atoms with Crippen molar-refractivity contribution in [2.24, 2.45) is 7.05 Å². The van der Waals surface area contributed by atoms with Crippen LogP contribution in [0.4, 0.5) is 0 Å². The van der Waals surface area contributed by atoms with Gasteiger partial charge in [-0.25, -0.2) is 0 Å². The van der Waals surface area contributed by atoms with Crippen molar-refractivity contribution in [2.75, 3.05) is 6.54 Å². The summed E-state index contributed by atoms with van der Waals surface area (Å²) in [5, 5.41) is 3.96. The molecule has 0 N–H and O–H groups in total.